The van der Waals surface area contributed by atoms with Gasteiger partial charge in [-0.3, -0.25) is 0 Å². The van der Waals surface area contributed by atoms with Gasteiger partial charge in [-0.25, -0.2) is 23.5 Å². The van der Waals surface area contributed by atoms with E-state index in [0.29, 0.717) is 16.5 Å². The van der Waals surface area contributed by atoms with Crippen molar-refractivity contribution in [3.05, 3.63) is 53.2 Å². The standard InChI is InChI=1S/C15H15ClN4O3S2.ClH/c1-20-14(19-13-4-2-3-7-18-13)24-9-15(20,21)10-5-6-11(16)12(8-10)25(17,22)23;/h2-8,21H,9H2,1H3,(H2,17,22,23);1H. The molecule has 1 atom stereocenters. The van der Waals surface area contributed by atoms with Gasteiger partial charge in [0.15, 0.2) is 16.7 Å². The lowest BCUT2D eigenvalue weighted by molar-refractivity contribution is -0.0349. The van der Waals surface area contributed by atoms with Crippen molar-refractivity contribution in [2.45, 2.75) is 10.6 Å². The van der Waals surface area contributed by atoms with Gasteiger partial charge in [0, 0.05) is 18.8 Å². The molecule has 0 radical (unpaired) electrons. The third-order valence-electron chi connectivity index (χ3n) is 3.80. The van der Waals surface area contributed by atoms with Crippen molar-refractivity contribution < 1.29 is 13.5 Å². The average Bonchev–Trinajstić information content (AvgIpc) is 2.85. The number of halogens is 2. The molecule has 1 aromatic carbocycles. The number of pyridine rings is 1. The van der Waals surface area contributed by atoms with Crippen LogP contribution in [-0.2, 0) is 15.7 Å². The van der Waals surface area contributed by atoms with Gasteiger partial charge in [0.1, 0.15) is 4.90 Å². The van der Waals surface area contributed by atoms with Crippen molar-refractivity contribution >= 4 is 56.8 Å². The van der Waals surface area contributed by atoms with Crippen LogP contribution < -0.4 is 5.14 Å². The fraction of sp³-hybridized carbons (Fsp3) is 0.200. The zero-order valence-electron chi connectivity index (χ0n) is 13.5. The van der Waals surface area contributed by atoms with Crippen LogP contribution in [0.25, 0.3) is 0 Å². The number of benzene rings is 1. The summed E-state index contributed by atoms with van der Waals surface area (Å²) in [6.45, 7) is 0. The van der Waals surface area contributed by atoms with Gasteiger partial charge >= 0.3 is 0 Å². The molecule has 0 amide bonds. The lowest BCUT2D eigenvalue weighted by Crippen LogP contribution is -2.42. The molecule has 3 N–H and O–H groups in total. The number of nitrogens with zero attached hydrogens (tertiary/aromatic N) is 3. The Hall–Kier alpha value is -1.36. The molecule has 26 heavy (non-hydrogen) atoms. The first-order valence-corrected chi connectivity index (χ1v) is 10.0. The number of sulfonamides is 1. The number of aliphatic imine (C=N–C) groups is 1. The van der Waals surface area contributed by atoms with E-state index in [4.69, 9.17) is 16.7 Å². The zero-order chi connectivity index (χ0) is 18.2. The van der Waals surface area contributed by atoms with Gasteiger partial charge in [-0.15, -0.1) is 12.4 Å². The van der Waals surface area contributed by atoms with Gasteiger partial charge in [-0.2, -0.15) is 0 Å². The molecule has 2 heterocycles. The van der Waals surface area contributed by atoms with Crippen LogP contribution in [0.3, 0.4) is 0 Å². The number of hydrogen-bond acceptors (Lipinski definition) is 6. The Bertz CT molecular complexity index is 941. The second-order valence-electron chi connectivity index (χ2n) is 5.44. The van der Waals surface area contributed by atoms with Crippen molar-refractivity contribution in [2.24, 2.45) is 10.1 Å². The summed E-state index contributed by atoms with van der Waals surface area (Å²) >= 11 is 7.25. The van der Waals surface area contributed by atoms with Gasteiger partial charge in [-0.1, -0.05) is 35.5 Å². The maximum Gasteiger partial charge on any atom is 0.239 e. The molecule has 140 valence electrons. The molecule has 0 spiro atoms. The molecule has 1 aromatic heterocycles. The highest BCUT2D eigenvalue weighted by Gasteiger charge is 2.43. The molecular formula is C15H16Cl2N4O3S2. The third kappa shape index (κ3) is 3.98. The van der Waals surface area contributed by atoms with Crippen molar-refractivity contribution in [3.8, 4) is 0 Å². The largest absolute Gasteiger partial charge is 0.366 e. The summed E-state index contributed by atoms with van der Waals surface area (Å²) in [5.74, 6) is 0.781. The monoisotopic (exact) mass is 434 g/mol. The molecule has 1 aliphatic heterocycles. The van der Waals surface area contributed by atoms with E-state index in [1.54, 1.807) is 36.3 Å². The Labute approximate surface area is 166 Å². The van der Waals surface area contributed by atoms with Gasteiger partial charge < -0.3 is 10.0 Å². The maximum absolute atomic E-state index is 11.7. The summed E-state index contributed by atoms with van der Waals surface area (Å²) in [5, 5.41) is 16.8. The average molecular weight is 435 g/mol. The smallest absolute Gasteiger partial charge is 0.239 e. The van der Waals surface area contributed by atoms with Crippen LogP contribution >= 0.6 is 35.8 Å². The number of thioether (sulfide) groups is 1. The maximum atomic E-state index is 11.7. The molecule has 7 nitrogen and oxygen atoms in total. The first-order chi connectivity index (χ1) is 11.7. The SMILES string of the molecule is CN1C(=Nc2ccccn2)SCC1(O)c1ccc(Cl)c(S(N)(=O)=O)c1.Cl. The summed E-state index contributed by atoms with van der Waals surface area (Å²) in [4.78, 5) is 9.89. The summed E-state index contributed by atoms with van der Waals surface area (Å²) in [5.41, 5.74) is -1.08. The van der Waals surface area contributed by atoms with E-state index in [1.807, 2.05) is 6.07 Å². The third-order valence-corrected chi connectivity index (χ3v) is 6.37. The highest BCUT2D eigenvalue weighted by atomic mass is 35.5. The minimum absolute atomic E-state index is 0. The molecular weight excluding hydrogens is 419 g/mol. The summed E-state index contributed by atoms with van der Waals surface area (Å²) in [6, 6.07) is 9.61. The van der Waals surface area contributed by atoms with E-state index in [1.165, 1.54) is 23.9 Å². The van der Waals surface area contributed by atoms with E-state index < -0.39 is 15.7 Å². The molecule has 1 fully saturated rings. The Morgan fingerprint density at radius 1 is 1.38 bits per heavy atom. The first-order valence-electron chi connectivity index (χ1n) is 7.13. The zero-order valence-corrected chi connectivity index (χ0v) is 16.7. The van der Waals surface area contributed by atoms with Crippen LogP contribution in [0.5, 0.6) is 0 Å². The number of aliphatic hydroxyl groups is 1. The van der Waals surface area contributed by atoms with Crippen molar-refractivity contribution in [2.75, 3.05) is 12.8 Å². The first kappa shape index (κ1) is 20.9. The van der Waals surface area contributed by atoms with E-state index in [9.17, 15) is 13.5 Å². The number of primary sulfonamides is 1. The van der Waals surface area contributed by atoms with Crippen molar-refractivity contribution in [1.82, 2.24) is 9.88 Å². The Morgan fingerprint density at radius 3 is 2.73 bits per heavy atom. The summed E-state index contributed by atoms with van der Waals surface area (Å²) < 4.78 is 23.3. The molecule has 1 saturated heterocycles. The molecule has 0 aliphatic carbocycles. The number of rotatable bonds is 3. The molecule has 1 aliphatic rings. The molecule has 1 unspecified atom stereocenters. The van der Waals surface area contributed by atoms with Gasteiger partial charge in [-0.05, 0) is 24.3 Å². The molecule has 2 aromatic rings. The minimum atomic E-state index is -4.00. The van der Waals surface area contributed by atoms with Gasteiger partial charge in [0.25, 0.3) is 0 Å². The van der Waals surface area contributed by atoms with Crippen molar-refractivity contribution in [1.29, 1.82) is 0 Å². The van der Waals surface area contributed by atoms with E-state index in [2.05, 4.69) is 9.98 Å². The van der Waals surface area contributed by atoms with Crippen molar-refractivity contribution in [3.63, 3.8) is 0 Å². The number of amidine groups is 1. The van der Waals surface area contributed by atoms with Gasteiger partial charge in [0.2, 0.25) is 10.0 Å². The molecule has 3 rings (SSSR count). The summed E-state index contributed by atoms with van der Waals surface area (Å²) in [6.07, 6.45) is 1.63. The topological polar surface area (TPSA) is 109 Å². The number of nitrogens with two attached hydrogens (primary N) is 1. The quantitative estimate of drug-likeness (QED) is 0.766. The molecule has 0 bridgehead atoms. The lowest BCUT2D eigenvalue weighted by Gasteiger charge is -2.31. The second kappa shape index (κ2) is 7.71. The second-order valence-corrected chi connectivity index (χ2v) is 8.32. The molecule has 0 saturated carbocycles. The minimum Gasteiger partial charge on any atom is -0.366 e. The van der Waals surface area contributed by atoms with Gasteiger partial charge in [0.05, 0.1) is 10.8 Å². The van der Waals surface area contributed by atoms with Crippen LogP contribution in [0, 0.1) is 0 Å². The van der Waals surface area contributed by atoms with Crippen LogP contribution in [0.4, 0.5) is 5.82 Å². The van der Waals surface area contributed by atoms with Crippen LogP contribution in [0.1, 0.15) is 5.56 Å². The lowest BCUT2D eigenvalue weighted by atomic mass is 10.0. The van der Waals surface area contributed by atoms with Crippen LogP contribution in [-0.4, -0.2) is 41.4 Å². The Morgan fingerprint density at radius 2 is 2.12 bits per heavy atom. The molecule has 11 heteroatoms. The van der Waals surface area contributed by atoms with Crippen LogP contribution in [0.15, 0.2) is 52.5 Å². The fourth-order valence-electron chi connectivity index (χ4n) is 2.39. The number of aromatic nitrogens is 1. The number of hydrogen-bond donors (Lipinski definition) is 2. The van der Waals surface area contributed by atoms with Crippen LogP contribution in [0.2, 0.25) is 5.02 Å². The highest BCUT2D eigenvalue weighted by molar-refractivity contribution is 8.14. The summed E-state index contributed by atoms with van der Waals surface area (Å²) in [7, 11) is -2.33. The van der Waals surface area contributed by atoms with E-state index in [0.717, 1.165) is 0 Å². The Balaban J connectivity index is 0.00000243. The van der Waals surface area contributed by atoms with E-state index in [-0.39, 0.29) is 28.1 Å². The highest BCUT2D eigenvalue weighted by Crippen LogP contribution is 2.39. The predicted molar refractivity (Wildman–Crippen MR) is 106 cm³/mol. The fourth-order valence-corrected chi connectivity index (χ4v) is 4.65. The van der Waals surface area contributed by atoms with E-state index >= 15 is 0 Å². The normalized spacial score (nSPS) is 21.7. The predicted octanol–water partition coefficient (Wildman–Crippen LogP) is 2.32. The Kier molecular flexibility index (Phi) is 6.21.